The number of hydrogen-bond acceptors (Lipinski definition) is 5. The standard InChI is InChI=1S/C20H21N3O4S/c1-20(2,3)16-10-22-18(27-16)11-21-17(24)12-23-14-8-4-6-13-7-5-9-15(19(13)14)28(23,25)26/h4-10H,11-12H2,1-3H3,(H,21,24). The molecule has 1 aliphatic heterocycles. The van der Waals surface area contributed by atoms with E-state index in [-0.39, 0.29) is 23.4 Å². The molecule has 0 radical (unpaired) electrons. The van der Waals surface area contributed by atoms with Crippen LogP contribution in [0, 0.1) is 0 Å². The first-order valence-corrected chi connectivity index (χ1v) is 10.4. The summed E-state index contributed by atoms with van der Waals surface area (Å²) in [5.41, 5.74) is 0.345. The maximum Gasteiger partial charge on any atom is 0.265 e. The number of oxazole rings is 1. The molecule has 1 N–H and O–H groups in total. The number of anilines is 1. The molecule has 0 unspecified atom stereocenters. The molecule has 0 spiro atoms. The molecule has 2 heterocycles. The fraction of sp³-hybridized carbons (Fsp3) is 0.300. The van der Waals surface area contributed by atoms with E-state index in [2.05, 4.69) is 10.3 Å². The minimum absolute atomic E-state index is 0.0972. The maximum absolute atomic E-state index is 12.9. The smallest absolute Gasteiger partial charge is 0.265 e. The number of nitrogens with one attached hydrogen (secondary N) is 1. The molecule has 3 aromatic rings. The minimum atomic E-state index is -3.76. The van der Waals surface area contributed by atoms with Crippen LogP contribution in [0.15, 0.2) is 51.9 Å². The summed E-state index contributed by atoms with van der Waals surface area (Å²) >= 11 is 0. The average Bonchev–Trinajstić information content (AvgIpc) is 3.19. The van der Waals surface area contributed by atoms with Crippen LogP contribution < -0.4 is 9.62 Å². The van der Waals surface area contributed by atoms with E-state index in [1.54, 1.807) is 30.5 Å². The third-order valence-electron chi connectivity index (χ3n) is 4.70. The quantitative estimate of drug-likeness (QED) is 0.728. The molecule has 1 amide bonds. The number of hydrogen-bond donors (Lipinski definition) is 1. The molecule has 0 saturated heterocycles. The first-order chi connectivity index (χ1) is 13.2. The van der Waals surface area contributed by atoms with Crippen LogP contribution in [0.3, 0.4) is 0 Å². The van der Waals surface area contributed by atoms with Gasteiger partial charge in [-0.05, 0) is 17.5 Å². The Labute approximate surface area is 163 Å². The SMILES string of the molecule is CC(C)(C)c1cnc(CNC(=O)CN2c3cccc4cccc(c34)S2(=O)=O)o1. The molecule has 2 aromatic carbocycles. The van der Waals surface area contributed by atoms with Gasteiger partial charge in [0, 0.05) is 10.8 Å². The Balaban J connectivity index is 1.51. The van der Waals surface area contributed by atoms with Crippen LogP contribution in [0.2, 0.25) is 0 Å². The summed E-state index contributed by atoms with van der Waals surface area (Å²) in [6.45, 7) is 5.81. The Morgan fingerprint density at radius 3 is 2.57 bits per heavy atom. The summed E-state index contributed by atoms with van der Waals surface area (Å²) in [6.07, 6.45) is 1.64. The highest BCUT2D eigenvalue weighted by molar-refractivity contribution is 7.93. The van der Waals surface area contributed by atoms with Crippen molar-refractivity contribution < 1.29 is 17.6 Å². The minimum Gasteiger partial charge on any atom is -0.443 e. The highest BCUT2D eigenvalue weighted by Crippen LogP contribution is 2.41. The lowest BCUT2D eigenvalue weighted by Crippen LogP contribution is -2.38. The molecule has 1 aromatic heterocycles. The lowest BCUT2D eigenvalue weighted by molar-refractivity contribution is -0.119. The molecule has 0 bridgehead atoms. The normalized spacial score (nSPS) is 15.2. The molecule has 8 heteroatoms. The van der Waals surface area contributed by atoms with Gasteiger partial charge in [-0.15, -0.1) is 0 Å². The number of sulfonamides is 1. The van der Waals surface area contributed by atoms with Gasteiger partial charge < -0.3 is 9.73 Å². The van der Waals surface area contributed by atoms with E-state index >= 15 is 0 Å². The fourth-order valence-corrected chi connectivity index (χ4v) is 4.89. The van der Waals surface area contributed by atoms with Gasteiger partial charge >= 0.3 is 0 Å². The lowest BCUT2D eigenvalue weighted by Gasteiger charge is -2.18. The van der Waals surface area contributed by atoms with Crippen LogP contribution in [0.25, 0.3) is 10.8 Å². The highest BCUT2D eigenvalue weighted by atomic mass is 32.2. The molecule has 0 aliphatic carbocycles. The first-order valence-electron chi connectivity index (χ1n) is 8.94. The number of rotatable bonds is 4. The summed E-state index contributed by atoms with van der Waals surface area (Å²) in [5, 5.41) is 4.17. The second kappa shape index (κ2) is 6.34. The fourth-order valence-electron chi connectivity index (χ4n) is 3.23. The summed E-state index contributed by atoms with van der Waals surface area (Å²) in [7, 11) is -3.76. The van der Waals surface area contributed by atoms with Crippen molar-refractivity contribution in [2.24, 2.45) is 0 Å². The van der Waals surface area contributed by atoms with Crippen molar-refractivity contribution in [2.45, 2.75) is 37.6 Å². The van der Waals surface area contributed by atoms with Gasteiger partial charge in [0.25, 0.3) is 10.0 Å². The summed E-state index contributed by atoms with van der Waals surface area (Å²) in [5.74, 6) is 0.679. The van der Waals surface area contributed by atoms with E-state index in [4.69, 9.17) is 4.42 Å². The van der Waals surface area contributed by atoms with Crippen molar-refractivity contribution >= 4 is 32.4 Å². The first kappa shape index (κ1) is 18.5. The Morgan fingerprint density at radius 2 is 1.89 bits per heavy atom. The zero-order valence-corrected chi connectivity index (χ0v) is 16.7. The lowest BCUT2D eigenvalue weighted by atomic mass is 9.94. The van der Waals surface area contributed by atoms with Crippen LogP contribution in [-0.4, -0.2) is 25.9 Å². The molecule has 0 atom stereocenters. The third-order valence-corrected chi connectivity index (χ3v) is 6.50. The van der Waals surface area contributed by atoms with Crippen LogP contribution >= 0.6 is 0 Å². The molecular weight excluding hydrogens is 378 g/mol. The summed E-state index contributed by atoms with van der Waals surface area (Å²) in [6, 6.07) is 10.5. The molecule has 146 valence electrons. The van der Waals surface area contributed by atoms with E-state index in [0.717, 1.165) is 15.5 Å². The van der Waals surface area contributed by atoms with E-state index in [0.29, 0.717) is 17.0 Å². The molecule has 1 aliphatic rings. The second-order valence-electron chi connectivity index (χ2n) is 7.79. The predicted molar refractivity (Wildman–Crippen MR) is 106 cm³/mol. The number of nitrogens with zero attached hydrogens (tertiary/aromatic N) is 2. The Kier molecular flexibility index (Phi) is 4.19. The topological polar surface area (TPSA) is 92.5 Å². The molecular formula is C20H21N3O4S. The van der Waals surface area contributed by atoms with Gasteiger partial charge in [0.15, 0.2) is 0 Å². The van der Waals surface area contributed by atoms with Crippen molar-refractivity contribution in [3.63, 3.8) is 0 Å². The number of carbonyl (C=O) groups excluding carboxylic acids is 1. The number of carbonyl (C=O) groups is 1. The molecule has 4 rings (SSSR count). The van der Waals surface area contributed by atoms with Gasteiger partial charge in [-0.25, -0.2) is 13.4 Å². The van der Waals surface area contributed by atoms with Crippen LogP contribution in [-0.2, 0) is 26.8 Å². The van der Waals surface area contributed by atoms with Gasteiger partial charge in [-0.1, -0.05) is 45.0 Å². The largest absolute Gasteiger partial charge is 0.443 e. The van der Waals surface area contributed by atoms with Crippen molar-refractivity contribution in [1.82, 2.24) is 10.3 Å². The highest BCUT2D eigenvalue weighted by Gasteiger charge is 2.36. The number of benzene rings is 2. The molecule has 0 saturated carbocycles. The van der Waals surface area contributed by atoms with Crippen molar-refractivity contribution in [3.05, 3.63) is 54.2 Å². The monoisotopic (exact) mass is 399 g/mol. The van der Waals surface area contributed by atoms with Crippen LogP contribution in [0.5, 0.6) is 0 Å². The second-order valence-corrected chi connectivity index (χ2v) is 9.62. The Morgan fingerprint density at radius 1 is 1.18 bits per heavy atom. The van der Waals surface area contributed by atoms with Gasteiger partial charge in [0.2, 0.25) is 11.8 Å². The van der Waals surface area contributed by atoms with E-state index in [1.165, 1.54) is 0 Å². The zero-order chi connectivity index (χ0) is 20.1. The van der Waals surface area contributed by atoms with Crippen molar-refractivity contribution in [3.8, 4) is 0 Å². The molecule has 7 nitrogen and oxygen atoms in total. The van der Waals surface area contributed by atoms with Gasteiger partial charge in [-0.2, -0.15) is 0 Å². The Bertz CT molecular complexity index is 1170. The van der Waals surface area contributed by atoms with Crippen molar-refractivity contribution in [1.29, 1.82) is 0 Å². The van der Waals surface area contributed by atoms with Gasteiger partial charge in [0.05, 0.1) is 23.3 Å². The van der Waals surface area contributed by atoms with E-state index in [9.17, 15) is 13.2 Å². The number of aromatic nitrogens is 1. The van der Waals surface area contributed by atoms with Gasteiger partial charge in [-0.3, -0.25) is 9.10 Å². The van der Waals surface area contributed by atoms with Crippen LogP contribution in [0.4, 0.5) is 5.69 Å². The van der Waals surface area contributed by atoms with Crippen molar-refractivity contribution in [2.75, 3.05) is 10.8 Å². The van der Waals surface area contributed by atoms with E-state index in [1.807, 2.05) is 32.9 Å². The van der Waals surface area contributed by atoms with E-state index < -0.39 is 15.9 Å². The number of amides is 1. The molecule has 0 fully saturated rings. The van der Waals surface area contributed by atoms with Crippen LogP contribution in [0.1, 0.15) is 32.4 Å². The maximum atomic E-state index is 12.9. The molecule has 28 heavy (non-hydrogen) atoms. The summed E-state index contributed by atoms with van der Waals surface area (Å²) < 4.78 is 32.6. The third kappa shape index (κ3) is 3.03. The van der Waals surface area contributed by atoms with Gasteiger partial charge in [0.1, 0.15) is 12.3 Å². The zero-order valence-electron chi connectivity index (χ0n) is 15.9. The summed E-state index contributed by atoms with van der Waals surface area (Å²) in [4.78, 5) is 16.8. The average molecular weight is 399 g/mol. The predicted octanol–water partition coefficient (Wildman–Crippen LogP) is 2.95. The Hall–Kier alpha value is -2.87.